The third-order valence-electron chi connectivity index (χ3n) is 6.63. The van der Waals surface area contributed by atoms with E-state index in [0.717, 1.165) is 37.0 Å². The number of rotatable bonds is 10. The Balaban J connectivity index is 1.25. The zero-order valence-electron chi connectivity index (χ0n) is 16.2. The summed E-state index contributed by atoms with van der Waals surface area (Å²) < 4.78 is 60.8. The largest absolute Gasteiger partial charge is 0.450 e. The van der Waals surface area contributed by atoms with Gasteiger partial charge in [-0.1, -0.05) is 19.3 Å². The van der Waals surface area contributed by atoms with Gasteiger partial charge in [-0.2, -0.15) is 17.2 Å². The number of ether oxygens (including phenoxy) is 1. The van der Waals surface area contributed by atoms with E-state index < -0.39 is 21.8 Å². The van der Waals surface area contributed by atoms with Crippen LogP contribution < -0.4 is 5.32 Å². The molecule has 0 saturated heterocycles. The molecule has 0 radical (unpaired) electrons. The predicted molar refractivity (Wildman–Crippen MR) is 99.6 cm³/mol. The molecule has 162 valence electrons. The van der Waals surface area contributed by atoms with Gasteiger partial charge in [-0.15, -0.1) is 0 Å². The number of carbonyl (C=O) groups excluding carboxylic acids is 1. The number of alkyl carbamates (subject to hydrolysis) is 1. The number of carbonyl (C=O) groups is 1. The Labute approximate surface area is 165 Å². The van der Waals surface area contributed by atoms with Crippen LogP contribution in [-0.2, 0) is 14.9 Å². The van der Waals surface area contributed by atoms with Gasteiger partial charge < -0.3 is 10.1 Å². The Morgan fingerprint density at radius 2 is 1.50 bits per heavy atom. The molecule has 4 aliphatic carbocycles. The van der Waals surface area contributed by atoms with Gasteiger partial charge >= 0.3 is 21.5 Å². The van der Waals surface area contributed by atoms with E-state index in [0.29, 0.717) is 32.3 Å². The minimum atomic E-state index is -5.33. The summed E-state index contributed by atoms with van der Waals surface area (Å²) in [5, 5.41) is -0.936. The molecule has 6 nitrogen and oxygen atoms in total. The molecule has 4 bridgehead atoms. The third-order valence-corrected chi connectivity index (χ3v) is 7.59. The quantitative estimate of drug-likeness (QED) is 0.399. The minimum absolute atomic E-state index is 0.0140. The average molecular weight is 424 g/mol. The summed E-state index contributed by atoms with van der Waals surface area (Å²) in [4.78, 5) is 12.2. The minimum Gasteiger partial charge on any atom is -0.450 e. The standard InChI is InChI=1S/C19H31F2NO5S/c20-19(21,28(24,25)26)6-4-2-1-3-5-7-27-17(23)22-18-11-14-8-15(12-18)10-16(9-14)13-18/h14-16H,1-13H2,(H,22,23)(H,24,25,26). The number of unbranched alkanes of at least 4 members (excludes halogenated alkanes) is 4. The molecule has 0 aromatic rings. The van der Waals surface area contributed by atoms with Crippen molar-refractivity contribution in [1.82, 2.24) is 5.32 Å². The molecule has 0 aromatic carbocycles. The monoisotopic (exact) mass is 423 g/mol. The van der Waals surface area contributed by atoms with Crippen LogP contribution in [0.15, 0.2) is 0 Å². The predicted octanol–water partition coefficient (Wildman–Crippen LogP) is 4.50. The van der Waals surface area contributed by atoms with E-state index in [4.69, 9.17) is 9.29 Å². The maximum Gasteiger partial charge on any atom is 0.407 e. The summed E-state index contributed by atoms with van der Waals surface area (Å²) in [6.45, 7) is 0.291. The van der Waals surface area contributed by atoms with Crippen LogP contribution in [0.25, 0.3) is 0 Å². The van der Waals surface area contributed by atoms with Crippen LogP contribution in [0.4, 0.5) is 13.6 Å². The van der Waals surface area contributed by atoms with Crippen LogP contribution >= 0.6 is 0 Å². The fourth-order valence-electron chi connectivity index (χ4n) is 5.77. The number of nitrogens with one attached hydrogen (secondary N) is 1. The highest BCUT2D eigenvalue weighted by atomic mass is 32.2. The van der Waals surface area contributed by atoms with Gasteiger partial charge in [0, 0.05) is 12.0 Å². The third kappa shape index (κ3) is 5.34. The first-order valence-corrected chi connectivity index (χ1v) is 11.8. The topological polar surface area (TPSA) is 92.7 Å². The highest BCUT2D eigenvalue weighted by molar-refractivity contribution is 7.86. The first-order valence-electron chi connectivity index (χ1n) is 10.4. The molecule has 2 N–H and O–H groups in total. The Hall–Kier alpha value is -0.960. The van der Waals surface area contributed by atoms with Crippen molar-refractivity contribution >= 4 is 16.2 Å². The van der Waals surface area contributed by atoms with Crippen LogP contribution in [0.3, 0.4) is 0 Å². The van der Waals surface area contributed by atoms with E-state index >= 15 is 0 Å². The lowest BCUT2D eigenvalue weighted by molar-refractivity contribution is -0.0191. The second-order valence-electron chi connectivity index (χ2n) is 9.09. The van der Waals surface area contributed by atoms with Crippen molar-refractivity contribution in [2.45, 2.75) is 87.8 Å². The number of halogens is 2. The molecule has 1 amide bonds. The van der Waals surface area contributed by atoms with Crippen LogP contribution in [0.2, 0.25) is 0 Å². The first-order chi connectivity index (χ1) is 13.1. The van der Waals surface area contributed by atoms with Crippen LogP contribution in [0.5, 0.6) is 0 Å². The molecular weight excluding hydrogens is 392 g/mol. The molecule has 4 aliphatic rings. The molecule has 0 aromatic heterocycles. The molecule has 0 heterocycles. The van der Waals surface area contributed by atoms with E-state index in [1.165, 1.54) is 19.3 Å². The van der Waals surface area contributed by atoms with Crippen molar-refractivity contribution in [3.05, 3.63) is 0 Å². The summed E-state index contributed by atoms with van der Waals surface area (Å²) in [6.07, 6.45) is 8.36. The van der Waals surface area contributed by atoms with E-state index in [1.807, 2.05) is 0 Å². The van der Waals surface area contributed by atoms with Gasteiger partial charge in [0.1, 0.15) is 0 Å². The van der Waals surface area contributed by atoms with Crippen LogP contribution in [0, 0.1) is 17.8 Å². The fraction of sp³-hybridized carbons (Fsp3) is 0.947. The number of alkyl halides is 2. The van der Waals surface area contributed by atoms with E-state index in [1.54, 1.807) is 0 Å². The SMILES string of the molecule is O=C(NC12CC3CC(CC(C3)C1)C2)OCCCCCCCC(F)(F)S(=O)(=O)O. The lowest BCUT2D eigenvalue weighted by atomic mass is 9.53. The van der Waals surface area contributed by atoms with Gasteiger partial charge in [-0.3, -0.25) is 4.55 Å². The molecule has 4 saturated carbocycles. The molecule has 28 heavy (non-hydrogen) atoms. The van der Waals surface area contributed by atoms with Crippen LogP contribution in [-0.4, -0.2) is 36.5 Å². The lowest BCUT2D eigenvalue weighted by Gasteiger charge is -2.56. The molecule has 0 spiro atoms. The van der Waals surface area contributed by atoms with E-state index in [9.17, 15) is 22.0 Å². The van der Waals surface area contributed by atoms with Gasteiger partial charge in [0.25, 0.3) is 0 Å². The van der Waals surface area contributed by atoms with Gasteiger partial charge in [0.15, 0.2) is 0 Å². The van der Waals surface area contributed by atoms with Crippen molar-refractivity contribution in [1.29, 1.82) is 0 Å². The summed E-state index contributed by atoms with van der Waals surface area (Å²) >= 11 is 0. The summed E-state index contributed by atoms with van der Waals surface area (Å²) in [7, 11) is -5.33. The molecule has 0 aliphatic heterocycles. The highest BCUT2D eigenvalue weighted by Gasteiger charge is 2.51. The normalized spacial score (nSPS) is 31.8. The maximum atomic E-state index is 13.1. The van der Waals surface area contributed by atoms with Crippen molar-refractivity contribution in [3.8, 4) is 0 Å². The number of amides is 1. The zero-order valence-corrected chi connectivity index (χ0v) is 17.0. The van der Waals surface area contributed by atoms with Crippen molar-refractivity contribution in [3.63, 3.8) is 0 Å². The van der Waals surface area contributed by atoms with Gasteiger partial charge in [0.05, 0.1) is 6.61 Å². The zero-order chi connectivity index (χ0) is 20.4. The summed E-state index contributed by atoms with van der Waals surface area (Å²) in [5.74, 6) is 2.25. The van der Waals surface area contributed by atoms with E-state index in [2.05, 4.69) is 5.32 Å². The number of hydrogen-bond donors (Lipinski definition) is 2. The van der Waals surface area contributed by atoms with Crippen molar-refractivity contribution in [2.24, 2.45) is 17.8 Å². The van der Waals surface area contributed by atoms with Crippen molar-refractivity contribution < 1.29 is 31.3 Å². The molecule has 0 atom stereocenters. The van der Waals surface area contributed by atoms with Gasteiger partial charge in [-0.05, 0) is 69.1 Å². The molecule has 9 heteroatoms. The maximum absolute atomic E-state index is 13.1. The Kier molecular flexibility index (Phi) is 6.54. The highest BCUT2D eigenvalue weighted by Crippen LogP contribution is 2.55. The lowest BCUT2D eigenvalue weighted by Crippen LogP contribution is -2.59. The Morgan fingerprint density at radius 3 is 2.04 bits per heavy atom. The number of hydrogen-bond acceptors (Lipinski definition) is 4. The summed E-state index contributed by atoms with van der Waals surface area (Å²) in [5.41, 5.74) is -0.0654. The average Bonchev–Trinajstić information content (AvgIpc) is 2.54. The molecule has 4 rings (SSSR count). The second kappa shape index (κ2) is 8.42. The molecule has 0 unspecified atom stereocenters. The summed E-state index contributed by atoms with van der Waals surface area (Å²) in [6, 6.07) is 0. The molecule has 4 fully saturated rings. The Bertz CT molecular complexity index is 632. The van der Waals surface area contributed by atoms with Crippen molar-refractivity contribution in [2.75, 3.05) is 6.61 Å². The van der Waals surface area contributed by atoms with Crippen LogP contribution in [0.1, 0.15) is 77.0 Å². The van der Waals surface area contributed by atoms with E-state index in [-0.39, 0.29) is 18.1 Å². The van der Waals surface area contributed by atoms with Gasteiger partial charge in [-0.25, -0.2) is 4.79 Å². The smallest absolute Gasteiger partial charge is 0.407 e. The first kappa shape index (κ1) is 21.7. The second-order valence-corrected chi connectivity index (χ2v) is 10.6. The molecular formula is C19H31F2NO5S. The van der Waals surface area contributed by atoms with Gasteiger partial charge in [0.2, 0.25) is 0 Å². The Morgan fingerprint density at radius 1 is 1.00 bits per heavy atom. The fourth-order valence-corrected chi connectivity index (χ4v) is 6.18.